The lowest BCUT2D eigenvalue weighted by atomic mass is 10.1. The number of non-ortho nitro benzene ring substituents is 1. The lowest BCUT2D eigenvalue weighted by Gasteiger charge is -2.08. The molecule has 0 aliphatic rings. The van der Waals surface area contributed by atoms with Crippen LogP contribution in [0.5, 0.6) is 17.2 Å². The van der Waals surface area contributed by atoms with Crippen molar-refractivity contribution in [3.63, 3.8) is 0 Å². The van der Waals surface area contributed by atoms with Crippen molar-refractivity contribution in [1.29, 1.82) is 0 Å². The Labute approximate surface area is 163 Å². The number of hydrazone groups is 1. The second kappa shape index (κ2) is 9.12. The van der Waals surface area contributed by atoms with Crippen LogP contribution in [-0.4, -0.2) is 40.8 Å². The Bertz CT molecular complexity index is 990. The Morgan fingerprint density at radius 1 is 1.21 bits per heavy atom. The van der Waals surface area contributed by atoms with Crippen LogP contribution in [0.4, 0.5) is 11.4 Å². The minimum Gasteiger partial charge on any atom is -0.500 e. The minimum atomic E-state index is -0.792. The van der Waals surface area contributed by atoms with Gasteiger partial charge in [-0.1, -0.05) is 0 Å². The van der Waals surface area contributed by atoms with E-state index < -0.39 is 27.2 Å². The Balaban J connectivity index is 2.28. The van der Waals surface area contributed by atoms with Gasteiger partial charge in [-0.15, -0.1) is 0 Å². The van der Waals surface area contributed by atoms with Crippen LogP contribution >= 0.6 is 0 Å². The van der Waals surface area contributed by atoms with Crippen molar-refractivity contribution >= 4 is 23.5 Å². The smallest absolute Gasteiger partial charge is 0.315 e. The molecule has 0 heterocycles. The molecule has 0 aliphatic heterocycles. The number of hydrogen-bond acceptors (Lipinski definition) is 9. The molecule has 0 aliphatic carbocycles. The molecule has 1 amide bonds. The third-order valence-corrected chi connectivity index (χ3v) is 3.59. The highest BCUT2D eigenvalue weighted by atomic mass is 16.6. The molecule has 2 N–H and O–H groups in total. The van der Waals surface area contributed by atoms with Crippen LogP contribution in [0.3, 0.4) is 0 Å². The van der Waals surface area contributed by atoms with E-state index in [9.17, 15) is 30.1 Å². The molecule has 0 saturated heterocycles. The number of amides is 1. The third-order valence-electron chi connectivity index (χ3n) is 3.59. The molecule has 152 valence electrons. The second-order valence-corrected chi connectivity index (χ2v) is 5.42. The Kier molecular flexibility index (Phi) is 6.63. The van der Waals surface area contributed by atoms with Crippen LogP contribution < -0.4 is 14.9 Å². The van der Waals surface area contributed by atoms with Crippen LogP contribution in [-0.2, 0) is 0 Å². The van der Waals surface area contributed by atoms with Gasteiger partial charge < -0.3 is 14.6 Å². The van der Waals surface area contributed by atoms with Crippen LogP contribution in [0.1, 0.15) is 22.8 Å². The molecule has 0 bridgehead atoms. The Morgan fingerprint density at radius 2 is 1.93 bits per heavy atom. The molecule has 2 rings (SSSR count). The Hall–Kier alpha value is -4.22. The number of ether oxygens (including phenoxy) is 2. The van der Waals surface area contributed by atoms with E-state index in [-0.39, 0.29) is 34.9 Å². The lowest BCUT2D eigenvalue weighted by Crippen LogP contribution is -2.18. The number of carbonyl (C=O) groups excluding carboxylic acids is 1. The summed E-state index contributed by atoms with van der Waals surface area (Å²) in [6, 6.07) is 5.83. The molecule has 29 heavy (non-hydrogen) atoms. The largest absolute Gasteiger partial charge is 0.500 e. The van der Waals surface area contributed by atoms with Gasteiger partial charge >= 0.3 is 5.69 Å². The highest BCUT2D eigenvalue weighted by Crippen LogP contribution is 2.36. The zero-order valence-corrected chi connectivity index (χ0v) is 15.3. The monoisotopic (exact) mass is 404 g/mol. The van der Waals surface area contributed by atoms with Gasteiger partial charge in [-0.3, -0.25) is 25.0 Å². The molecule has 0 atom stereocenters. The van der Waals surface area contributed by atoms with Crippen molar-refractivity contribution in [3.8, 4) is 17.2 Å². The predicted octanol–water partition coefficient (Wildman–Crippen LogP) is 2.38. The number of phenols is 1. The minimum absolute atomic E-state index is 0.0993. The van der Waals surface area contributed by atoms with Gasteiger partial charge in [0, 0.05) is 23.8 Å². The van der Waals surface area contributed by atoms with Gasteiger partial charge in [-0.2, -0.15) is 5.10 Å². The number of nitro benzene ring substituents is 2. The quantitative estimate of drug-likeness (QED) is 0.384. The maximum atomic E-state index is 12.3. The maximum Gasteiger partial charge on any atom is 0.315 e. The number of carbonyl (C=O) groups is 1. The first-order valence-electron chi connectivity index (χ1n) is 8.08. The molecule has 0 radical (unpaired) electrons. The molecule has 0 fully saturated rings. The fourth-order valence-electron chi connectivity index (χ4n) is 2.31. The van der Waals surface area contributed by atoms with Crippen LogP contribution in [0.25, 0.3) is 0 Å². The summed E-state index contributed by atoms with van der Waals surface area (Å²) in [6.45, 7) is 1.80. The number of methoxy groups -OCH3 is 1. The Morgan fingerprint density at radius 3 is 2.52 bits per heavy atom. The number of benzene rings is 2. The van der Waals surface area contributed by atoms with Crippen molar-refractivity contribution in [1.82, 2.24) is 5.43 Å². The second-order valence-electron chi connectivity index (χ2n) is 5.42. The van der Waals surface area contributed by atoms with Crippen molar-refractivity contribution < 1.29 is 29.2 Å². The van der Waals surface area contributed by atoms with E-state index in [1.165, 1.54) is 25.3 Å². The zero-order valence-electron chi connectivity index (χ0n) is 15.3. The van der Waals surface area contributed by atoms with Crippen molar-refractivity contribution in [2.75, 3.05) is 13.7 Å². The summed E-state index contributed by atoms with van der Waals surface area (Å²) in [5, 5.41) is 35.5. The van der Waals surface area contributed by atoms with Gasteiger partial charge in [0.05, 0.1) is 35.3 Å². The number of nitrogens with zero attached hydrogens (tertiary/aromatic N) is 3. The first-order valence-corrected chi connectivity index (χ1v) is 8.08. The van der Waals surface area contributed by atoms with Gasteiger partial charge in [0.2, 0.25) is 5.75 Å². The van der Waals surface area contributed by atoms with Gasteiger partial charge in [-0.25, -0.2) is 5.43 Å². The summed E-state index contributed by atoms with van der Waals surface area (Å²) in [5.41, 5.74) is 1.31. The number of hydrogen-bond donors (Lipinski definition) is 2. The fraction of sp³-hybridized carbons (Fsp3) is 0.176. The fourth-order valence-corrected chi connectivity index (χ4v) is 2.31. The number of nitrogens with one attached hydrogen (secondary N) is 1. The summed E-state index contributed by atoms with van der Waals surface area (Å²) in [6.07, 6.45) is 1.09. The molecular weight excluding hydrogens is 388 g/mol. The number of rotatable bonds is 8. The number of phenolic OH excluding ortho intramolecular Hbond substituents is 1. The van der Waals surface area contributed by atoms with E-state index in [0.29, 0.717) is 0 Å². The first kappa shape index (κ1) is 21.1. The third kappa shape index (κ3) is 4.94. The van der Waals surface area contributed by atoms with E-state index in [1.54, 1.807) is 6.92 Å². The van der Waals surface area contributed by atoms with Crippen molar-refractivity contribution in [2.24, 2.45) is 5.10 Å². The summed E-state index contributed by atoms with van der Waals surface area (Å²) in [7, 11) is 1.30. The van der Waals surface area contributed by atoms with Gasteiger partial charge in [0.15, 0.2) is 5.75 Å². The average Bonchev–Trinajstić information content (AvgIpc) is 2.69. The molecule has 2 aromatic carbocycles. The predicted molar refractivity (Wildman–Crippen MR) is 101 cm³/mol. The molecule has 2 aromatic rings. The van der Waals surface area contributed by atoms with Crippen molar-refractivity contribution in [2.45, 2.75) is 6.92 Å². The van der Waals surface area contributed by atoms with E-state index in [2.05, 4.69) is 10.5 Å². The van der Waals surface area contributed by atoms with E-state index in [0.717, 1.165) is 18.3 Å². The first-order chi connectivity index (χ1) is 13.8. The topological polar surface area (TPSA) is 166 Å². The number of nitro groups is 2. The van der Waals surface area contributed by atoms with Crippen molar-refractivity contribution in [3.05, 3.63) is 61.7 Å². The lowest BCUT2D eigenvalue weighted by molar-refractivity contribution is -0.386. The van der Waals surface area contributed by atoms with Gasteiger partial charge in [-0.05, 0) is 19.1 Å². The molecule has 12 heteroatoms. The standard InChI is InChI=1S/C17H16N4O8/c1-3-29-15-7-10(6-13(16(15)22)21(26)27)9-18-19-17(23)12-8-11(20(24)25)4-5-14(12)28-2/h4-9,22H,3H2,1-2H3,(H,19,23)/b18-9-. The van der Waals surface area contributed by atoms with Gasteiger partial charge in [0.25, 0.3) is 11.6 Å². The summed E-state index contributed by atoms with van der Waals surface area (Å²) >= 11 is 0. The van der Waals surface area contributed by atoms with Gasteiger partial charge in [0.1, 0.15) is 5.75 Å². The highest BCUT2D eigenvalue weighted by Gasteiger charge is 2.20. The van der Waals surface area contributed by atoms with Crippen LogP contribution in [0.2, 0.25) is 0 Å². The molecule has 0 spiro atoms. The van der Waals surface area contributed by atoms with E-state index in [4.69, 9.17) is 9.47 Å². The molecule has 0 aromatic heterocycles. The van der Waals surface area contributed by atoms with E-state index in [1.807, 2.05) is 0 Å². The average molecular weight is 404 g/mol. The highest BCUT2D eigenvalue weighted by molar-refractivity contribution is 5.98. The molecule has 12 nitrogen and oxygen atoms in total. The summed E-state index contributed by atoms with van der Waals surface area (Å²) in [4.78, 5) is 32.8. The SMILES string of the molecule is CCOc1cc(/C=N\NC(=O)c2cc([N+](=O)[O-])ccc2OC)cc([N+](=O)[O-])c1O. The normalized spacial score (nSPS) is 10.6. The summed E-state index contributed by atoms with van der Waals surface area (Å²) < 4.78 is 10.2. The van der Waals surface area contributed by atoms with Crippen LogP contribution in [0, 0.1) is 20.2 Å². The molecule has 0 unspecified atom stereocenters. The summed E-state index contributed by atoms with van der Waals surface area (Å²) in [5.74, 6) is -1.43. The number of aromatic hydroxyl groups is 1. The maximum absolute atomic E-state index is 12.3. The zero-order chi connectivity index (χ0) is 21.6. The molecule has 0 saturated carbocycles. The molecular formula is C17H16N4O8. The van der Waals surface area contributed by atoms with E-state index >= 15 is 0 Å². The van der Waals surface area contributed by atoms with Crippen LogP contribution in [0.15, 0.2) is 35.4 Å².